The standard InChI is InChI=1S/C16H20N2O2S/c1-3-17-15-6-4-5-7-16(15)21(19,20)18-12-14-10-8-13(2)9-11-14/h4-11,17-18H,3,12H2,1-2H3. The lowest BCUT2D eigenvalue weighted by molar-refractivity contribution is 0.581. The monoisotopic (exact) mass is 304 g/mol. The lowest BCUT2D eigenvalue weighted by Crippen LogP contribution is -2.24. The summed E-state index contributed by atoms with van der Waals surface area (Å²) in [5.41, 5.74) is 2.71. The summed E-state index contributed by atoms with van der Waals surface area (Å²) < 4.78 is 27.5. The summed E-state index contributed by atoms with van der Waals surface area (Å²) in [6.07, 6.45) is 0. The second kappa shape index (κ2) is 6.74. The summed E-state index contributed by atoms with van der Waals surface area (Å²) in [6, 6.07) is 14.7. The molecule has 0 saturated heterocycles. The van der Waals surface area contributed by atoms with Gasteiger partial charge in [0.15, 0.2) is 0 Å². The molecule has 2 rings (SSSR count). The minimum atomic E-state index is -3.53. The molecule has 0 aromatic heterocycles. The van der Waals surface area contributed by atoms with E-state index in [1.165, 1.54) is 0 Å². The Kier molecular flexibility index (Phi) is 4.98. The average molecular weight is 304 g/mol. The Labute approximate surface area is 126 Å². The molecule has 0 amide bonds. The van der Waals surface area contributed by atoms with Crippen molar-refractivity contribution in [3.8, 4) is 0 Å². The van der Waals surface area contributed by atoms with Gasteiger partial charge in [-0.05, 0) is 31.5 Å². The highest BCUT2D eigenvalue weighted by atomic mass is 32.2. The molecule has 0 radical (unpaired) electrons. The van der Waals surface area contributed by atoms with Crippen LogP contribution in [-0.2, 0) is 16.6 Å². The zero-order valence-electron chi connectivity index (χ0n) is 12.3. The zero-order valence-corrected chi connectivity index (χ0v) is 13.1. The van der Waals surface area contributed by atoms with Crippen molar-refractivity contribution in [2.75, 3.05) is 11.9 Å². The fraction of sp³-hybridized carbons (Fsp3) is 0.250. The van der Waals surface area contributed by atoms with Gasteiger partial charge in [0.25, 0.3) is 0 Å². The molecule has 0 atom stereocenters. The lowest BCUT2D eigenvalue weighted by atomic mass is 10.2. The summed E-state index contributed by atoms with van der Waals surface area (Å²) in [7, 11) is -3.53. The van der Waals surface area contributed by atoms with Gasteiger partial charge in [0.05, 0.1) is 5.69 Å². The molecular weight excluding hydrogens is 284 g/mol. The number of para-hydroxylation sites is 1. The number of hydrogen-bond donors (Lipinski definition) is 2. The highest BCUT2D eigenvalue weighted by molar-refractivity contribution is 7.89. The molecule has 4 nitrogen and oxygen atoms in total. The van der Waals surface area contributed by atoms with Gasteiger partial charge in [-0.25, -0.2) is 13.1 Å². The normalized spacial score (nSPS) is 11.3. The Morgan fingerprint density at radius 3 is 2.33 bits per heavy atom. The van der Waals surface area contributed by atoms with Crippen molar-refractivity contribution in [1.82, 2.24) is 4.72 Å². The first-order valence-electron chi connectivity index (χ1n) is 6.91. The fourth-order valence-corrected chi connectivity index (χ4v) is 3.20. The van der Waals surface area contributed by atoms with E-state index in [1.54, 1.807) is 18.2 Å². The Balaban J connectivity index is 2.17. The smallest absolute Gasteiger partial charge is 0.242 e. The van der Waals surface area contributed by atoms with Gasteiger partial charge in [-0.1, -0.05) is 42.0 Å². The highest BCUT2D eigenvalue weighted by Gasteiger charge is 2.17. The van der Waals surface area contributed by atoms with Crippen molar-refractivity contribution in [3.05, 3.63) is 59.7 Å². The maximum absolute atomic E-state index is 12.4. The second-order valence-corrected chi connectivity index (χ2v) is 6.57. The van der Waals surface area contributed by atoms with Gasteiger partial charge in [-0.3, -0.25) is 0 Å². The van der Waals surface area contributed by atoms with Crippen LogP contribution in [0.15, 0.2) is 53.4 Å². The predicted molar refractivity (Wildman–Crippen MR) is 85.8 cm³/mol. The van der Waals surface area contributed by atoms with E-state index in [0.29, 0.717) is 12.2 Å². The van der Waals surface area contributed by atoms with Gasteiger partial charge in [-0.2, -0.15) is 0 Å². The molecule has 5 heteroatoms. The van der Waals surface area contributed by atoms with Crippen molar-refractivity contribution in [2.24, 2.45) is 0 Å². The number of hydrogen-bond acceptors (Lipinski definition) is 3. The third-order valence-corrected chi connectivity index (χ3v) is 4.59. The van der Waals surface area contributed by atoms with E-state index >= 15 is 0 Å². The van der Waals surface area contributed by atoms with Gasteiger partial charge in [-0.15, -0.1) is 0 Å². The Hall–Kier alpha value is -1.85. The quantitative estimate of drug-likeness (QED) is 0.862. The average Bonchev–Trinajstić information content (AvgIpc) is 2.47. The van der Waals surface area contributed by atoms with Gasteiger partial charge >= 0.3 is 0 Å². The van der Waals surface area contributed by atoms with Gasteiger partial charge in [0.1, 0.15) is 4.90 Å². The van der Waals surface area contributed by atoms with Crippen molar-refractivity contribution in [3.63, 3.8) is 0 Å². The number of sulfonamides is 1. The lowest BCUT2D eigenvalue weighted by Gasteiger charge is -2.12. The number of nitrogens with one attached hydrogen (secondary N) is 2. The Morgan fingerprint density at radius 2 is 1.67 bits per heavy atom. The molecule has 112 valence electrons. The van der Waals surface area contributed by atoms with E-state index in [4.69, 9.17) is 0 Å². The molecule has 2 N–H and O–H groups in total. The summed E-state index contributed by atoms with van der Waals surface area (Å²) in [5.74, 6) is 0. The minimum Gasteiger partial charge on any atom is -0.384 e. The largest absolute Gasteiger partial charge is 0.384 e. The maximum atomic E-state index is 12.4. The molecule has 2 aromatic rings. The van der Waals surface area contributed by atoms with Crippen LogP contribution in [0.1, 0.15) is 18.1 Å². The van der Waals surface area contributed by atoms with E-state index in [9.17, 15) is 8.42 Å². The molecule has 0 bridgehead atoms. The van der Waals surface area contributed by atoms with Crippen LogP contribution in [0.4, 0.5) is 5.69 Å². The first-order chi connectivity index (χ1) is 10.0. The van der Waals surface area contributed by atoms with Crippen LogP contribution in [0.5, 0.6) is 0 Å². The number of aryl methyl sites for hydroxylation is 1. The van der Waals surface area contributed by atoms with Crippen LogP contribution in [-0.4, -0.2) is 15.0 Å². The first kappa shape index (κ1) is 15.5. The third-order valence-electron chi connectivity index (χ3n) is 3.13. The molecule has 0 spiro atoms. The summed E-state index contributed by atoms with van der Waals surface area (Å²) in [5, 5.41) is 3.07. The SMILES string of the molecule is CCNc1ccccc1S(=O)(=O)NCc1ccc(C)cc1. The molecule has 0 heterocycles. The summed E-state index contributed by atoms with van der Waals surface area (Å²) >= 11 is 0. The van der Waals surface area contributed by atoms with Crippen LogP contribution >= 0.6 is 0 Å². The number of benzene rings is 2. The van der Waals surface area contributed by atoms with Crippen molar-refractivity contribution in [2.45, 2.75) is 25.3 Å². The number of anilines is 1. The Bertz CT molecular complexity index is 694. The van der Waals surface area contributed by atoms with Crippen LogP contribution in [0.3, 0.4) is 0 Å². The van der Waals surface area contributed by atoms with Crippen molar-refractivity contribution >= 4 is 15.7 Å². The number of rotatable bonds is 6. The van der Waals surface area contributed by atoms with E-state index in [-0.39, 0.29) is 11.4 Å². The molecule has 0 fully saturated rings. The van der Waals surface area contributed by atoms with Gasteiger partial charge < -0.3 is 5.32 Å². The van der Waals surface area contributed by atoms with E-state index in [0.717, 1.165) is 11.1 Å². The fourth-order valence-electron chi connectivity index (χ4n) is 2.00. The molecule has 2 aromatic carbocycles. The second-order valence-electron chi connectivity index (χ2n) is 4.84. The molecular formula is C16H20N2O2S. The zero-order chi connectivity index (χ0) is 15.3. The predicted octanol–water partition coefficient (Wildman–Crippen LogP) is 2.91. The molecule has 0 aliphatic rings. The minimum absolute atomic E-state index is 0.277. The van der Waals surface area contributed by atoms with Gasteiger partial charge in [0.2, 0.25) is 10.0 Å². The Morgan fingerprint density at radius 1 is 1.00 bits per heavy atom. The summed E-state index contributed by atoms with van der Waals surface area (Å²) in [4.78, 5) is 0.277. The molecule has 0 unspecified atom stereocenters. The van der Waals surface area contributed by atoms with Crippen LogP contribution in [0.2, 0.25) is 0 Å². The van der Waals surface area contributed by atoms with Crippen molar-refractivity contribution in [1.29, 1.82) is 0 Å². The van der Waals surface area contributed by atoms with Crippen molar-refractivity contribution < 1.29 is 8.42 Å². The topological polar surface area (TPSA) is 58.2 Å². The first-order valence-corrected chi connectivity index (χ1v) is 8.39. The van der Waals surface area contributed by atoms with E-state index < -0.39 is 10.0 Å². The van der Waals surface area contributed by atoms with E-state index in [1.807, 2.05) is 44.2 Å². The van der Waals surface area contributed by atoms with Crippen LogP contribution in [0.25, 0.3) is 0 Å². The highest BCUT2D eigenvalue weighted by Crippen LogP contribution is 2.20. The third kappa shape index (κ3) is 4.06. The van der Waals surface area contributed by atoms with Gasteiger partial charge in [0, 0.05) is 13.1 Å². The van der Waals surface area contributed by atoms with Crippen LogP contribution in [0, 0.1) is 6.92 Å². The maximum Gasteiger partial charge on any atom is 0.242 e. The molecule has 21 heavy (non-hydrogen) atoms. The molecule has 0 saturated carbocycles. The van der Waals surface area contributed by atoms with Crippen LogP contribution < -0.4 is 10.0 Å². The molecule has 0 aliphatic heterocycles. The molecule has 0 aliphatic carbocycles. The summed E-state index contributed by atoms with van der Waals surface area (Å²) in [6.45, 7) is 4.89. The van der Waals surface area contributed by atoms with E-state index in [2.05, 4.69) is 10.0 Å².